The Morgan fingerprint density at radius 1 is 0.266 bits per heavy atom. The average molecular weight is 1100 g/mol. The van der Waals surface area contributed by atoms with Gasteiger partial charge in [0.1, 0.15) is 13.2 Å². The fraction of sp³-hybridized carbons (Fsp3) is 0.685. The summed E-state index contributed by atoms with van der Waals surface area (Å²) in [5.74, 6) is -0.976. The molecule has 0 aliphatic heterocycles. The van der Waals surface area contributed by atoms with Gasteiger partial charge in [0, 0.05) is 19.3 Å². The molecule has 0 fully saturated rings. The van der Waals surface area contributed by atoms with Crippen LogP contribution >= 0.6 is 0 Å². The molecule has 79 heavy (non-hydrogen) atoms. The minimum atomic E-state index is -0.817. The second-order valence-electron chi connectivity index (χ2n) is 21.6. The first-order chi connectivity index (χ1) is 39.0. The number of esters is 3. The lowest BCUT2D eigenvalue weighted by atomic mass is 10.0. The van der Waals surface area contributed by atoms with E-state index in [9.17, 15) is 14.4 Å². The fourth-order valence-corrected chi connectivity index (χ4v) is 9.04. The minimum Gasteiger partial charge on any atom is -0.462 e. The molecule has 0 spiro atoms. The molecule has 0 radical (unpaired) electrons. The average Bonchev–Trinajstić information content (AvgIpc) is 3.45. The van der Waals surface area contributed by atoms with Crippen molar-refractivity contribution < 1.29 is 28.6 Å². The molecule has 0 saturated carbocycles. The zero-order chi connectivity index (χ0) is 57.1. The molecule has 1 unspecified atom stereocenters. The van der Waals surface area contributed by atoms with E-state index < -0.39 is 6.10 Å². The Kier molecular flexibility index (Phi) is 62.8. The molecule has 0 saturated heterocycles. The van der Waals surface area contributed by atoms with Gasteiger partial charge in [0.05, 0.1) is 0 Å². The first kappa shape index (κ1) is 74.8. The number of unbranched alkanes of at least 4 members (excludes halogenated alkanes) is 28. The Bertz CT molecular complexity index is 1640. The molecule has 0 aromatic heterocycles. The molecule has 0 aliphatic carbocycles. The maximum Gasteiger partial charge on any atom is 0.306 e. The van der Waals surface area contributed by atoms with E-state index in [1.165, 1.54) is 141 Å². The predicted octanol–water partition coefficient (Wildman–Crippen LogP) is 22.8. The van der Waals surface area contributed by atoms with Gasteiger partial charge < -0.3 is 14.2 Å². The highest BCUT2D eigenvalue weighted by molar-refractivity contribution is 5.71. The van der Waals surface area contributed by atoms with Crippen LogP contribution in [-0.2, 0) is 28.6 Å². The van der Waals surface area contributed by atoms with Crippen LogP contribution in [0.4, 0.5) is 0 Å². The number of rotatable bonds is 59. The molecule has 0 N–H and O–H groups in total. The fourth-order valence-electron chi connectivity index (χ4n) is 9.04. The highest BCUT2D eigenvalue weighted by Gasteiger charge is 2.19. The van der Waals surface area contributed by atoms with Crippen LogP contribution in [0.25, 0.3) is 0 Å². The maximum absolute atomic E-state index is 12.9. The van der Waals surface area contributed by atoms with Crippen LogP contribution in [0.3, 0.4) is 0 Å². The number of carbonyl (C=O) groups excluding carboxylic acids is 3. The first-order valence-electron chi connectivity index (χ1n) is 33.0. The Labute approximate surface area is 488 Å². The summed E-state index contributed by atoms with van der Waals surface area (Å²) >= 11 is 0. The van der Waals surface area contributed by atoms with E-state index in [0.29, 0.717) is 19.3 Å². The molecule has 1 atom stereocenters. The van der Waals surface area contributed by atoms with Crippen molar-refractivity contribution in [2.45, 2.75) is 309 Å². The van der Waals surface area contributed by atoms with Gasteiger partial charge in [0.25, 0.3) is 0 Å². The third-order valence-corrected chi connectivity index (χ3v) is 13.9. The van der Waals surface area contributed by atoms with Crippen LogP contribution in [0.2, 0.25) is 0 Å². The van der Waals surface area contributed by atoms with Gasteiger partial charge in [-0.1, -0.05) is 277 Å². The molecule has 0 heterocycles. The van der Waals surface area contributed by atoms with E-state index >= 15 is 0 Å². The van der Waals surface area contributed by atoms with Gasteiger partial charge in [-0.2, -0.15) is 0 Å². The Morgan fingerprint density at radius 3 is 0.823 bits per heavy atom. The van der Waals surface area contributed by atoms with Gasteiger partial charge in [-0.3, -0.25) is 14.4 Å². The van der Waals surface area contributed by atoms with Gasteiger partial charge >= 0.3 is 17.9 Å². The van der Waals surface area contributed by atoms with Crippen molar-refractivity contribution in [3.05, 3.63) is 122 Å². The summed E-state index contributed by atoms with van der Waals surface area (Å²) < 4.78 is 16.9. The molecule has 0 aromatic rings. The topological polar surface area (TPSA) is 78.9 Å². The first-order valence-corrected chi connectivity index (χ1v) is 33.0. The van der Waals surface area contributed by atoms with E-state index in [2.05, 4.69) is 142 Å². The molecule has 6 heteroatoms. The van der Waals surface area contributed by atoms with Crippen molar-refractivity contribution in [1.29, 1.82) is 0 Å². The van der Waals surface area contributed by atoms with Crippen LogP contribution in [-0.4, -0.2) is 37.2 Å². The summed E-state index contributed by atoms with van der Waals surface area (Å²) in [5.41, 5.74) is 0. The molecule has 0 amide bonds. The highest BCUT2D eigenvalue weighted by Crippen LogP contribution is 2.16. The number of allylic oxidation sites excluding steroid dienone is 20. The van der Waals surface area contributed by atoms with Crippen LogP contribution in [0.1, 0.15) is 303 Å². The van der Waals surface area contributed by atoms with Gasteiger partial charge in [-0.15, -0.1) is 0 Å². The Balaban J connectivity index is 4.36. The number of ether oxygens (including phenoxy) is 3. The quantitative estimate of drug-likeness (QED) is 0.0261. The van der Waals surface area contributed by atoms with Crippen molar-refractivity contribution >= 4 is 17.9 Å². The van der Waals surface area contributed by atoms with Crippen LogP contribution in [0, 0.1) is 0 Å². The lowest BCUT2D eigenvalue weighted by molar-refractivity contribution is -0.167. The van der Waals surface area contributed by atoms with Crippen molar-refractivity contribution in [3.63, 3.8) is 0 Å². The smallest absolute Gasteiger partial charge is 0.306 e. The molecule has 0 rings (SSSR count). The van der Waals surface area contributed by atoms with Crippen molar-refractivity contribution in [2.24, 2.45) is 0 Å². The van der Waals surface area contributed by atoms with Crippen molar-refractivity contribution in [3.8, 4) is 0 Å². The molecular weight excluding hydrogens is 973 g/mol. The van der Waals surface area contributed by atoms with Crippen LogP contribution in [0.5, 0.6) is 0 Å². The second-order valence-corrected chi connectivity index (χ2v) is 21.6. The standard InChI is InChI=1S/C73H122O6/c1-4-7-10-13-16-19-22-25-27-29-31-33-34-35-36-37-38-40-41-43-45-48-51-54-57-60-63-66-72(75)78-69-70(68-77-71(74)65-62-59-56-53-50-47-24-21-18-15-12-9-6-3)79-73(76)67-64-61-58-55-52-49-46-44-42-39-32-30-28-26-23-20-17-14-11-8-5-2/h8-9,11-12,17-18,20-21,26,28-29,31-32,39,44,46-47,50,52,55,70H,4-7,10,13-16,19,22-25,27,30,33-38,40-43,45,48-49,51,53-54,56-69H2,1-3H3/b11-8-,12-9-,20-17-,21-18-,28-26-,31-29-,39-32-,46-44-,50-47-,55-52-. The van der Waals surface area contributed by atoms with Crippen LogP contribution < -0.4 is 0 Å². The minimum absolute atomic E-state index is 0.106. The second kappa shape index (κ2) is 66.3. The normalized spacial score (nSPS) is 12.9. The van der Waals surface area contributed by atoms with Gasteiger partial charge in [0.2, 0.25) is 0 Å². The lowest BCUT2D eigenvalue weighted by Crippen LogP contribution is -2.30. The zero-order valence-electron chi connectivity index (χ0n) is 51.6. The summed E-state index contributed by atoms with van der Waals surface area (Å²) in [6, 6.07) is 0. The van der Waals surface area contributed by atoms with E-state index in [4.69, 9.17) is 14.2 Å². The summed E-state index contributed by atoms with van der Waals surface area (Å²) in [4.78, 5) is 38.3. The van der Waals surface area contributed by atoms with Crippen LogP contribution in [0.15, 0.2) is 122 Å². The van der Waals surface area contributed by atoms with E-state index in [-0.39, 0.29) is 37.5 Å². The Hall–Kier alpha value is -4.19. The van der Waals surface area contributed by atoms with Crippen molar-refractivity contribution in [1.82, 2.24) is 0 Å². The summed E-state index contributed by atoms with van der Waals surface area (Å²) in [5, 5.41) is 0. The van der Waals surface area contributed by atoms with Crippen molar-refractivity contribution in [2.75, 3.05) is 13.2 Å². The molecule has 0 aromatic carbocycles. The number of hydrogen-bond acceptors (Lipinski definition) is 6. The van der Waals surface area contributed by atoms with E-state index in [1.807, 2.05) is 0 Å². The molecule has 0 bridgehead atoms. The SMILES string of the molecule is CC/C=C\C/C=C\C/C=C\C/C=C\C/C=C\C/C=C\CCCCC(=O)OC(COC(=O)CCCCC/C=C\C/C=C\C/C=C\CC)COC(=O)CCCCCCCCCCCCCCCCC/C=C\CCCCCCCCCC. The Morgan fingerprint density at radius 2 is 0.494 bits per heavy atom. The third kappa shape index (κ3) is 64.5. The van der Waals surface area contributed by atoms with E-state index in [0.717, 1.165) is 116 Å². The molecule has 6 nitrogen and oxygen atoms in total. The summed E-state index contributed by atoms with van der Waals surface area (Å²) in [6.07, 6.45) is 92.3. The summed E-state index contributed by atoms with van der Waals surface area (Å²) in [6.45, 7) is 6.37. The summed E-state index contributed by atoms with van der Waals surface area (Å²) in [7, 11) is 0. The number of hydrogen-bond donors (Lipinski definition) is 0. The third-order valence-electron chi connectivity index (χ3n) is 13.9. The van der Waals surface area contributed by atoms with Gasteiger partial charge in [-0.05, 0) is 128 Å². The maximum atomic E-state index is 12.9. The monoisotopic (exact) mass is 1090 g/mol. The molecular formula is C73H122O6. The largest absolute Gasteiger partial charge is 0.462 e. The van der Waals surface area contributed by atoms with Gasteiger partial charge in [-0.25, -0.2) is 0 Å². The number of carbonyl (C=O) groups is 3. The lowest BCUT2D eigenvalue weighted by Gasteiger charge is -2.18. The van der Waals surface area contributed by atoms with E-state index in [1.54, 1.807) is 0 Å². The zero-order valence-corrected chi connectivity index (χ0v) is 51.6. The van der Waals surface area contributed by atoms with Gasteiger partial charge in [0.15, 0.2) is 6.10 Å². The molecule has 0 aliphatic rings. The highest BCUT2D eigenvalue weighted by atomic mass is 16.6. The molecule has 450 valence electrons. The predicted molar refractivity (Wildman–Crippen MR) is 343 cm³/mol.